The van der Waals surface area contributed by atoms with Gasteiger partial charge in [-0.25, -0.2) is 9.37 Å². The average Bonchev–Trinajstić information content (AvgIpc) is 2.95. The topological polar surface area (TPSA) is 54.0 Å². The minimum atomic E-state index is -0.316. The molecule has 3 aromatic rings. The lowest BCUT2D eigenvalue weighted by Gasteiger charge is -2.07. The van der Waals surface area contributed by atoms with E-state index in [0.717, 1.165) is 12.0 Å². The van der Waals surface area contributed by atoms with Crippen LogP contribution in [0, 0.1) is 5.82 Å². The number of thiocarbonyl (C=S) groups is 1. The first-order chi connectivity index (χ1) is 11.5. The highest BCUT2D eigenvalue weighted by Crippen LogP contribution is 2.26. The van der Waals surface area contributed by atoms with Crippen LogP contribution in [-0.4, -0.2) is 16.0 Å². The first-order valence-corrected chi connectivity index (χ1v) is 8.55. The van der Waals surface area contributed by atoms with Crippen molar-refractivity contribution in [3.63, 3.8) is 0 Å². The maximum Gasteiger partial charge on any atom is 0.257 e. The maximum absolute atomic E-state index is 13.2. The normalized spacial score (nSPS) is 10.6. The van der Waals surface area contributed by atoms with Gasteiger partial charge in [0.2, 0.25) is 0 Å². The number of fused-ring (bicyclic) bond motifs is 1. The molecule has 0 saturated carbocycles. The lowest BCUT2D eigenvalue weighted by atomic mass is 10.1. The van der Waals surface area contributed by atoms with Gasteiger partial charge in [-0.1, -0.05) is 30.4 Å². The molecular formula is C17H14FN3OS2. The van der Waals surface area contributed by atoms with E-state index in [4.69, 9.17) is 12.2 Å². The van der Waals surface area contributed by atoms with E-state index in [-0.39, 0.29) is 16.8 Å². The van der Waals surface area contributed by atoms with Crippen molar-refractivity contribution in [2.75, 3.05) is 5.32 Å². The van der Waals surface area contributed by atoms with E-state index in [0.29, 0.717) is 20.9 Å². The molecule has 0 fully saturated rings. The monoisotopic (exact) mass is 359 g/mol. The number of nitrogens with zero attached hydrogens (tertiary/aromatic N) is 1. The van der Waals surface area contributed by atoms with Crippen molar-refractivity contribution >= 4 is 49.9 Å². The fourth-order valence-electron chi connectivity index (χ4n) is 2.15. The molecule has 0 bridgehead atoms. The van der Waals surface area contributed by atoms with E-state index in [9.17, 15) is 9.18 Å². The molecule has 7 heteroatoms. The van der Waals surface area contributed by atoms with Crippen LogP contribution in [0.15, 0.2) is 42.5 Å². The molecule has 2 aromatic carbocycles. The van der Waals surface area contributed by atoms with Gasteiger partial charge < -0.3 is 5.32 Å². The van der Waals surface area contributed by atoms with Crippen LogP contribution in [0.2, 0.25) is 0 Å². The Morgan fingerprint density at radius 1 is 1.25 bits per heavy atom. The molecule has 0 aliphatic carbocycles. The van der Waals surface area contributed by atoms with Crippen molar-refractivity contribution in [3.05, 3.63) is 59.4 Å². The summed E-state index contributed by atoms with van der Waals surface area (Å²) in [4.78, 5) is 16.5. The molecule has 3 rings (SSSR count). The van der Waals surface area contributed by atoms with Gasteiger partial charge in [0.05, 0.1) is 10.2 Å². The molecule has 1 amide bonds. The largest absolute Gasteiger partial charge is 0.308 e. The number of hydrogen-bond acceptors (Lipinski definition) is 4. The van der Waals surface area contributed by atoms with E-state index in [1.54, 1.807) is 18.2 Å². The van der Waals surface area contributed by atoms with Crippen molar-refractivity contribution in [2.45, 2.75) is 13.3 Å². The Hall–Kier alpha value is -2.38. The smallest absolute Gasteiger partial charge is 0.257 e. The first-order valence-electron chi connectivity index (χ1n) is 7.32. The zero-order chi connectivity index (χ0) is 17.1. The second-order valence-electron chi connectivity index (χ2n) is 5.09. The van der Waals surface area contributed by atoms with Gasteiger partial charge >= 0.3 is 0 Å². The summed E-state index contributed by atoms with van der Waals surface area (Å²) in [5, 5.41) is 6.12. The number of rotatable bonds is 3. The molecular weight excluding hydrogens is 345 g/mol. The molecule has 1 heterocycles. The first kappa shape index (κ1) is 16.5. The van der Waals surface area contributed by atoms with Crippen LogP contribution in [0.25, 0.3) is 10.2 Å². The molecule has 24 heavy (non-hydrogen) atoms. The Balaban J connectivity index is 1.66. The number of aromatic nitrogens is 1. The number of hydrogen-bond donors (Lipinski definition) is 2. The van der Waals surface area contributed by atoms with Crippen molar-refractivity contribution in [1.82, 2.24) is 10.3 Å². The number of benzene rings is 2. The van der Waals surface area contributed by atoms with Gasteiger partial charge in [0.15, 0.2) is 10.2 Å². The molecule has 0 spiro atoms. The van der Waals surface area contributed by atoms with Gasteiger partial charge in [-0.3, -0.25) is 10.1 Å². The molecule has 0 atom stereocenters. The Morgan fingerprint density at radius 2 is 2.00 bits per heavy atom. The zero-order valence-electron chi connectivity index (χ0n) is 12.8. The van der Waals surface area contributed by atoms with Gasteiger partial charge in [0, 0.05) is 5.56 Å². The highest BCUT2D eigenvalue weighted by Gasteiger charge is 2.10. The lowest BCUT2D eigenvalue weighted by Crippen LogP contribution is -2.34. The summed E-state index contributed by atoms with van der Waals surface area (Å²) in [6.07, 6.45) is 0.917. The summed E-state index contributed by atoms with van der Waals surface area (Å²) in [5.41, 5.74) is 2.37. The van der Waals surface area contributed by atoms with Crippen LogP contribution in [0.1, 0.15) is 22.8 Å². The van der Waals surface area contributed by atoms with Crippen LogP contribution in [-0.2, 0) is 6.42 Å². The number of nitrogens with one attached hydrogen (secondary N) is 2. The summed E-state index contributed by atoms with van der Waals surface area (Å²) in [5.74, 6) is -0.605. The minimum Gasteiger partial charge on any atom is -0.308 e. The van der Waals surface area contributed by atoms with Crippen LogP contribution < -0.4 is 10.6 Å². The van der Waals surface area contributed by atoms with Gasteiger partial charge in [-0.05, 0) is 54.5 Å². The van der Waals surface area contributed by atoms with Crippen molar-refractivity contribution in [3.8, 4) is 0 Å². The number of thiazole rings is 1. The molecule has 0 radical (unpaired) electrons. The number of aryl methyl sites for hydroxylation is 1. The Bertz CT molecular complexity index is 906. The van der Waals surface area contributed by atoms with Gasteiger partial charge in [0.25, 0.3) is 5.91 Å². The van der Waals surface area contributed by atoms with Gasteiger partial charge in [-0.2, -0.15) is 0 Å². The molecule has 122 valence electrons. The quantitative estimate of drug-likeness (QED) is 0.691. The zero-order valence-corrected chi connectivity index (χ0v) is 14.4. The van der Waals surface area contributed by atoms with Crippen LogP contribution in [0.3, 0.4) is 0 Å². The summed E-state index contributed by atoms with van der Waals surface area (Å²) in [7, 11) is 0. The number of halogens is 1. The number of amides is 1. The summed E-state index contributed by atoms with van der Waals surface area (Å²) in [6, 6.07) is 11.7. The maximum atomic E-state index is 13.2. The Kier molecular flexibility index (Phi) is 4.82. The standard InChI is InChI=1S/C17H14FN3OS2/c1-2-10-3-5-11(6-4-10)15(22)20-16(23)21-17-19-13-8-7-12(18)9-14(13)24-17/h3-9H,2H2,1H3,(H2,19,20,21,22,23). The molecule has 0 saturated heterocycles. The third-order valence-electron chi connectivity index (χ3n) is 3.42. The predicted octanol–water partition coefficient (Wildman–Crippen LogP) is 4.12. The summed E-state index contributed by atoms with van der Waals surface area (Å²) < 4.78 is 13.9. The van der Waals surface area contributed by atoms with Crippen LogP contribution in [0.4, 0.5) is 9.52 Å². The van der Waals surface area contributed by atoms with E-state index in [1.807, 2.05) is 12.1 Å². The molecule has 0 aliphatic rings. The Morgan fingerprint density at radius 3 is 2.71 bits per heavy atom. The highest BCUT2D eigenvalue weighted by molar-refractivity contribution is 7.80. The molecule has 1 aromatic heterocycles. The van der Waals surface area contributed by atoms with Crippen molar-refractivity contribution < 1.29 is 9.18 Å². The Labute approximate surface area is 147 Å². The minimum absolute atomic E-state index is 0.152. The van der Waals surface area contributed by atoms with E-state index >= 15 is 0 Å². The third-order valence-corrected chi connectivity index (χ3v) is 4.56. The predicted molar refractivity (Wildman–Crippen MR) is 99.1 cm³/mol. The van der Waals surface area contributed by atoms with E-state index in [1.165, 1.54) is 23.5 Å². The third kappa shape index (κ3) is 3.74. The number of carbonyl (C=O) groups excluding carboxylic acids is 1. The second-order valence-corrected chi connectivity index (χ2v) is 6.53. The lowest BCUT2D eigenvalue weighted by molar-refractivity contribution is 0.0977. The molecule has 2 N–H and O–H groups in total. The van der Waals surface area contributed by atoms with Crippen molar-refractivity contribution in [1.29, 1.82) is 0 Å². The number of carbonyl (C=O) groups is 1. The van der Waals surface area contributed by atoms with Crippen LogP contribution >= 0.6 is 23.6 Å². The SMILES string of the molecule is CCc1ccc(C(=O)NC(=S)Nc2nc3ccc(F)cc3s2)cc1. The summed E-state index contributed by atoms with van der Waals surface area (Å²) in [6.45, 7) is 2.05. The van der Waals surface area contributed by atoms with Crippen molar-refractivity contribution in [2.24, 2.45) is 0 Å². The van der Waals surface area contributed by atoms with E-state index in [2.05, 4.69) is 22.5 Å². The molecule has 4 nitrogen and oxygen atoms in total. The highest BCUT2D eigenvalue weighted by atomic mass is 32.1. The van der Waals surface area contributed by atoms with Gasteiger partial charge in [0.1, 0.15) is 5.82 Å². The average molecular weight is 359 g/mol. The number of anilines is 1. The van der Waals surface area contributed by atoms with Crippen LogP contribution in [0.5, 0.6) is 0 Å². The summed E-state index contributed by atoms with van der Waals surface area (Å²) >= 11 is 6.41. The molecule has 0 aliphatic heterocycles. The fraction of sp³-hybridized carbons (Fsp3) is 0.118. The molecule has 0 unspecified atom stereocenters. The van der Waals surface area contributed by atoms with E-state index < -0.39 is 0 Å². The second kappa shape index (κ2) is 7.02. The fourth-order valence-corrected chi connectivity index (χ4v) is 3.30. The van der Waals surface area contributed by atoms with Gasteiger partial charge in [-0.15, -0.1) is 0 Å².